The predicted octanol–water partition coefficient (Wildman–Crippen LogP) is 6.66. The summed E-state index contributed by atoms with van der Waals surface area (Å²) in [5.41, 5.74) is 5.05. The van der Waals surface area contributed by atoms with E-state index in [0.29, 0.717) is 28.0 Å². The summed E-state index contributed by atoms with van der Waals surface area (Å²) in [5.74, 6) is -0.493. The van der Waals surface area contributed by atoms with E-state index in [9.17, 15) is 9.59 Å². The van der Waals surface area contributed by atoms with Crippen LogP contribution in [0.1, 0.15) is 48.4 Å². The highest BCUT2D eigenvalue weighted by Gasteiger charge is 2.52. The maximum Gasteiger partial charge on any atom is 0.494 e. The minimum Gasteiger partial charge on any atom is -0.399 e. The van der Waals surface area contributed by atoms with Crippen LogP contribution in [0.15, 0.2) is 116 Å². The molecule has 9 heteroatoms. The summed E-state index contributed by atoms with van der Waals surface area (Å²) in [6.45, 7) is 7.95. The molecular weight excluding hydrogens is 587 g/mol. The van der Waals surface area contributed by atoms with Gasteiger partial charge in [0.2, 0.25) is 0 Å². The molecule has 0 aliphatic carbocycles. The first-order valence-electron chi connectivity index (χ1n) is 15.5. The van der Waals surface area contributed by atoms with E-state index in [4.69, 9.17) is 9.31 Å². The van der Waals surface area contributed by atoms with Crippen molar-refractivity contribution in [1.82, 2.24) is 9.97 Å². The van der Waals surface area contributed by atoms with Crippen LogP contribution in [0.5, 0.6) is 0 Å². The molecular formula is C38H37BN4O4. The summed E-state index contributed by atoms with van der Waals surface area (Å²) in [7, 11) is 2.70. The fourth-order valence-corrected chi connectivity index (χ4v) is 5.34. The Morgan fingerprint density at radius 3 is 1.36 bits per heavy atom. The Bertz CT molecular complexity index is 1760. The van der Waals surface area contributed by atoms with Crippen LogP contribution in [0.4, 0.5) is 11.4 Å². The molecule has 3 aromatic carbocycles. The van der Waals surface area contributed by atoms with Crippen molar-refractivity contribution in [3.8, 4) is 22.5 Å². The van der Waals surface area contributed by atoms with Crippen LogP contribution in [0.25, 0.3) is 22.5 Å². The lowest BCUT2D eigenvalue weighted by atomic mass is 9.78. The monoisotopic (exact) mass is 624 g/mol. The zero-order chi connectivity index (χ0) is 33.3. The molecule has 5 aromatic rings. The van der Waals surface area contributed by atoms with Gasteiger partial charge in [-0.1, -0.05) is 60.7 Å². The highest BCUT2D eigenvalue weighted by molar-refractivity contribution is 6.62. The summed E-state index contributed by atoms with van der Waals surface area (Å²) in [6.07, 6.45) is 3.17. The second-order valence-electron chi connectivity index (χ2n) is 12.7. The Kier molecular flexibility index (Phi) is 8.53. The molecule has 47 heavy (non-hydrogen) atoms. The number of amides is 2. The number of hydrogen-bond donors (Lipinski definition) is 0. The minimum absolute atomic E-state index is 0.246. The molecule has 0 radical (unpaired) electrons. The smallest absolute Gasteiger partial charge is 0.399 e. The topological polar surface area (TPSA) is 84.9 Å². The number of nitrogens with zero attached hydrogens (tertiary/aromatic N) is 4. The lowest BCUT2D eigenvalue weighted by Crippen LogP contribution is -2.41. The first-order valence-corrected chi connectivity index (χ1v) is 15.5. The molecule has 0 N–H and O–H groups in total. The maximum absolute atomic E-state index is 13.8. The van der Waals surface area contributed by atoms with Gasteiger partial charge in [-0.25, -0.2) is 0 Å². The van der Waals surface area contributed by atoms with Gasteiger partial charge in [0.05, 0.1) is 33.7 Å². The average molecular weight is 625 g/mol. The third-order valence-corrected chi connectivity index (χ3v) is 8.99. The molecule has 0 bridgehead atoms. The molecule has 1 aliphatic rings. The number of carbonyl (C=O) groups excluding carboxylic acids is 2. The van der Waals surface area contributed by atoms with E-state index in [1.165, 1.54) is 0 Å². The molecule has 6 rings (SSSR count). The minimum atomic E-state index is -0.704. The van der Waals surface area contributed by atoms with E-state index in [-0.39, 0.29) is 11.8 Å². The fraction of sp³-hybridized carbons (Fsp3) is 0.211. The van der Waals surface area contributed by atoms with Gasteiger partial charge in [-0.2, -0.15) is 0 Å². The lowest BCUT2D eigenvalue weighted by Gasteiger charge is -2.32. The zero-order valence-electron chi connectivity index (χ0n) is 27.5. The quantitative estimate of drug-likeness (QED) is 0.188. The van der Waals surface area contributed by atoms with E-state index in [1.54, 1.807) is 48.4 Å². The van der Waals surface area contributed by atoms with E-state index >= 15 is 0 Å². The van der Waals surface area contributed by atoms with Gasteiger partial charge in [0, 0.05) is 49.0 Å². The Hall–Kier alpha value is -5.12. The summed E-state index contributed by atoms with van der Waals surface area (Å²) in [4.78, 5) is 39.7. The number of pyridine rings is 2. The third-order valence-electron chi connectivity index (χ3n) is 8.99. The van der Waals surface area contributed by atoms with Crippen LogP contribution in [0.3, 0.4) is 0 Å². The van der Waals surface area contributed by atoms with Crippen molar-refractivity contribution in [2.24, 2.45) is 0 Å². The van der Waals surface area contributed by atoms with Gasteiger partial charge in [0.1, 0.15) is 0 Å². The van der Waals surface area contributed by atoms with Gasteiger partial charge in [-0.05, 0) is 75.6 Å². The first kappa shape index (κ1) is 31.9. The molecule has 8 nitrogen and oxygen atoms in total. The Labute approximate surface area is 276 Å². The van der Waals surface area contributed by atoms with Gasteiger partial charge in [0.15, 0.2) is 0 Å². The van der Waals surface area contributed by atoms with Crippen LogP contribution in [-0.4, -0.2) is 54.2 Å². The van der Waals surface area contributed by atoms with Crippen molar-refractivity contribution in [3.63, 3.8) is 0 Å². The molecule has 0 unspecified atom stereocenters. The third kappa shape index (κ3) is 6.45. The molecule has 1 saturated heterocycles. The first-order chi connectivity index (χ1) is 22.4. The maximum atomic E-state index is 13.8. The average Bonchev–Trinajstić information content (AvgIpc) is 3.33. The van der Waals surface area contributed by atoms with E-state index in [2.05, 4.69) is 9.97 Å². The second-order valence-corrected chi connectivity index (χ2v) is 12.7. The van der Waals surface area contributed by atoms with Gasteiger partial charge < -0.3 is 19.1 Å². The molecule has 2 aromatic heterocycles. The van der Waals surface area contributed by atoms with Crippen LogP contribution in [0, 0.1) is 0 Å². The number of benzene rings is 3. The van der Waals surface area contributed by atoms with E-state index in [0.717, 1.165) is 22.5 Å². The molecule has 0 saturated carbocycles. The molecule has 236 valence electrons. The molecule has 1 aliphatic heterocycles. The van der Waals surface area contributed by atoms with Crippen molar-refractivity contribution in [2.75, 3.05) is 23.9 Å². The largest absolute Gasteiger partial charge is 0.494 e. The van der Waals surface area contributed by atoms with E-state index < -0.39 is 18.3 Å². The van der Waals surface area contributed by atoms with Crippen molar-refractivity contribution < 1.29 is 18.9 Å². The van der Waals surface area contributed by atoms with E-state index in [1.807, 2.05) is 119 Å². The van der Waals surface area contributed by atoms with Gasteiger partial charge in [-0.15, -0.1) is 0 Å². The lowest BCUT2D eigenvalue weighted by molar-refractivity contribution is 0.00578. The molecule has 3 heterocycles. The SMILES string of the molecule is CN(C(=O)c1ccc(-c2ccccc2)nc1)c1cc(B2OC(C)(C)C(C)(C)O2)cc(N(C)C(=O)c2ccc(-c3ccccc3)nc2)c1. The highest BCUT2D eigenvalue weighted by Crippen LogP contribution is 2.37. The Morgan fingerprint density at radius 2 is 1.00 bits per heavy atom. The van der Waals surface area contributed by atoms with Crippen molar-refractivity contribution in [2.45, 2.75) is 38.9 Å². The fourth-order valence-electron chi connectivity index (χ4n) is 5.34. The highest BCUT2D eigenvalue weighted by atomic mass is 16.7. The summed E-state index contributed by atoms with van der Waals surface area (Å²) >= 11 is 0. The number of anilines is 2. The molecule has 0 atom stereocenters. The van der Waals surface area contributed by atoms with Crippen LogP contribution in [0.2, 0.25) is 0 Å². The Balaban J connectivity index is 1.31. The standard InChI is InChI=1S/C38H37BN4O4/c1-37(2)38(3,4)47-39(46-37)30-21-31(42(5)35(44)28-17-19-33(40-24-28)26-13-9-7-10-14-26)23-32(22-30)43(6)36(45)29-18-20-34(41-25-29)27-15-11-8-12-16-27/h7-25H,1-6H3. The summed E-state index contributed by atoms with van der Waals surface area (Å²) < 4.78 is 12.7. The normalized spacial score (nSPS) is 14.9. The Morgan fingerprint density at radius 1 is 0.596 bits per heavy atom. The molecule has 0 spiro atoms. The second kappa shape index (κ2) is 12.6. The number of carbonyl (C=O) groups is 2. The predicted molar refractivity (Wildman–Crippen MR) is 187 cm³/mol. The molecule has 1 fully saturated rings. The van der Waals surface area contributed by atoms with Gasteiger partial charge in [-0.3, -0.25) is 19.6 Å². The summed E-state index contributed by atoms with van der Waals surface area (Å²) in [5, 5.41) is 0. The zero-order valence-corrected chi connectivity index (χ0v) is 27.5. The van der Waals surface area contributed by atoms with Crippen LogP contribution < -0.4 is 15.3 Å². The molecule has 2 amide bonds. The van der Waals surface area contributed by atoms with Crippen molar-refractivity contribution >= 4 is 35.8 Å². The van der Waals surface area contributed by atoms with Gasteiger partial charge >= 0.3 is 7.12 Å². The van der Waals surface area contributed by atoms with Crippen LogP contribution in [-0.2, 0) is 9.31 Å². The number of hydrogen-bond acceptors (Lipinski definition) is 6. The van der Waals surface area contributed by atoms with Gasteiger partial charge in [0.25, 0.3) is 11.8 Å². The number of rotatable bonds is 7. The number of aromatic nitrogens is 2. The summed E-state index contributed by atoms with van der Waals surface area (Å²) in [6, 6.07) is 32.4. The van der Waals surface area contributed by atoms with Crippen molar-refractivity contribution in [1.29, 1.82) is 0 Å². The van der Waals surface area contributed by atoms with Crippen molar-refractivity contribution in [3.05, 3.63) is 127 Å². The van der Waals surface area contributed by atoms with Crippen LogP contribution >= 0.6 is 0 Å².